The van der Waals surface area contributed by atoms with E-state index in [2.05, 4.69) is 16.4 Å². The number of nitrogens with one attached hydrogen (secondary N) is 1. The summed E-state index contributed by atoms with van der Waals surface area (Å²) in [5.74, 6) is 1.96. The van der Waals surface area contributed by atoms with Crippen molar-refractivity contribution in [3.05, 3.63) is 53.3 Å². The number of pyridine rings is 1. The maximum atomic E-state index is 11.7. The standard InChI is InChI=1S/C18H20N2O3/c1-19-18(21)14-5-6-20-15(9-14)8-12-7-13-3-4-16(22-2)10-17(13)23-11-12/h3-6,9-10,12H,7-8,11H2,1-2H3,(H,19,21)/t12-/m0/s1. The molecule has 1 aromatic heterocycles. The van der Waals surface area contributed by atoms with Gasteiger partial charge in [-0.05, 0) is 36.6 Å². The van der Waals surface area contributed by atoms with Crippen molar-refractivity contribution in [3.63, 3.8) is 0 Å². The van der Waals surface area contributed by atoms with Crippen LogP contribution in [0.3, 0.4) is 0 Å². The maximum absolute atomic E-state index is 11.7. The van der Waals surface area contributed by atoms with Gasteiger partial charge in [0.25, 0.3) is 5.91 Å². The second-order valence-electron chi connectivity index (χ2n) is 5.67. The van der Waals surface area contributed by atoms with Crippen molar-refractivity contribution >= 4 is 5.91 Å². The first kappa shape index (κ1) is 15.3. The fraction of sp³-hybridized carbons (Fsp3) is 0.333. The molecule has 0 radical (unpaired) electrons. The third kappa shape index (κ3) is 3.44. The number of aromatic nitrogens is 1. The third-order valence-electron chi connectivity index (χ3n) is 4.06. The minimum Gasteiger partial charge on any atom is -0.497 e. The molecule has 3 rings (SSSR count). The summed E-state index contributed by atoms with van der Waals surface area (Å²) in [6.45, 7) is 0.645. The molecular weight excluding hydrogens is 292 g/mol. The number of carbonyl (C=O) groups excluding carboxylic acids is 1. The van der Waals surface area contributed by atoms with Crippen molar-refractivity contribution in [3.8, 4) is 11.5 Å². The van der Waals surface area contributed by atoms with Gasteiger partial charge >= 0.3 is 0 Å². The average Bonchev–Trinajstić information content (AvgIpc) is 2.60. The molecule has 0 fully saturated rings. The van der Waals surface area contributed by atoms with Crippen LogP contribution in [0.5, 0.6) is 11.5 Å². The summed E-state index contributed by atoms with van der Waals surface area (Å²) in [4.78, 5) is 16.1. The number of amides is 1. The number of hydrogen-bond donors (Lipinski definition) is 1. The average molecular weight is 312 g/mol. The number of ether oxygens (including phenoxy) is 2. The van der Waals surface area contributed by atoms with Crippen molar-refractivity contribution < 1.29 is 14.3 Å². The number of carbonyl (C=O) groups is 1. The monoisotopic (exact) mass is 312 g/mol. The molecule has 5 heteroatoms. The van der Waals surface area contributed by atoms with E-state index in [1.54, 1.807) is 26.4 Å². The normalized spacial score (nSPS) is 16.2. The van der Waals surface area contributed by atoms with Gasteiger partial charge < -0.3 is 14.8 Å². The fourth-order valence-electron chi connectivity index (χ4n) is 2.84. The van der Waals surface area contributed by atoms with E-state index >= 15 is 0 Å². The molecule has 120 valence electrons. The van der Waals surface area contributed by atoms with Gasteiger partial charge in [-0.15, -0.1) is 0 Å². The number of fused-ring (bicyclic) bond motifs is 1. The van der Waals surface area contributed by atoms with E-state index in [4.69, 9.17) is 9.47 Å². The molecule has 0 unspecified atom stereocenters. The predicted molar refractivity (Wildman–Crippen MR) is 87.0 cm³/mol. The van der Waals surface area contributed by atoms with E-state index in [0.717, 1.165) is 30.0 Å². The van der Waals surface area contributed by atoms with Gasteiger partial charge in [-0.3, -0.25) is 9.78 Å². The lowest BCUT2D eigenvalue weighted by Crippen LogP contribution is -2.23. The second kappa shape index (κ2) is 6.69. The zero-order valence-corrected chi connectivity index (χ0v) is 13.3. The molecule has 0 bridgehead atoms. The molecule has 1 amide bonds. The minimum atomic E-state index is -0.0917. The molecule has 0 spiro atoms. The van der Waals surface area contributed by atoms with Gasteiger partial charge in [-0.2, -0.15) is 0 Å². The Hall–Kier alpha value is -2.56. The highest BCUT2D eigenvalue weighted by atomic mass is 16.5. The molecule has 1 N–H and O–H groups in total. The van der Waals surface area contributed by atoms with E-state index in [-0.39, 0.29) is 5.91 Å². The summed E-state index contributed by atoms with van der Waals surface area (Å²) in [5, 5.41) is 2.63. The SMILES string of the molecule is CNC(=O)c1ccnc(C[C@H]2COc3cc(OC)ccc3C2)c1. The first-order valence-corrected chi connectivity index (χ1v) is 7.66. The number of nitrogens with zero attached hydrogens (tertiary/aromatic N) is 1. The Bertz CT molecular complexity index is 715. The van der Waals surface area contributed by atoms with Crippen LogP contribution in [0, 0.1) is 5.92 Å². The van der Waals surface area contributed by atoms with E-state index in [1.807, 2.05) is 18.2 Å². The molecule has 1 aliphatic rings. The molecule has 1 atom stereocenters. The lowest BCUT2D eigenvalue weighted by Gasteiger charge is -2.25. The van der Waals surface area contributed by atoms with E-state index in [1.165, 1.54) is 5.56 Å². The molecule has 0 aliphatic carbocycles. The van der Waals surface area contributed by atoms with Crippen LogP contribution in [0.4, 0.5) is 0 Å². The van der Waals surface area contributed by atoms with Crippen molar-refractivity contribution in [1.29, 1.82) is 0 Å². The van der Waals surface area contributed by atoms with Gasteiger partial charge in [0.15, 0.2) is 0 Å². The molecule has 1 aromatic carbocycles. The topological polar surface area (TPSA) is 60.5 Å². The Morgan fingerprint density at radius 3 is 3.04 bits per heavy atom. The molecule has 0 saturated heterocycles. The van der Waals surface area contributed by atoms with Gasteiger partial charge in [0.2, 0.25) is 0 Å². The van der Waals surface area contributed by atoms with Crippen LogP contribution in [-0.2, 0) is 12.8 Å². The lowest BCUT2D eigenvalue weighted by molar-refractivity contribution is 0.0963. The van der Waals surface area contributed by atoms with Crippen LogP contribution in [0.15, 0.2) is 36.5 Å². The molecule has 0 saturated carbocycles. The second-order valence-corrected chi connectivity index (χ2v) is 5.67. The summed E-state index contributed by atoms with van der Waals surface area (Å²) < 4.78 is 11.1. The Morgan fingerprint density at radius 2 is 2.26 bits per heavy atom. The van der Waals surface area contributed by atoms with Gasteiger partial charge in [0.05, 0.1) is 13.7 Å². The quantitative estimate of drug-likeness (QED) is 0.940. The lowest BCUT2D eigenvalue weighted by atomic mass is 9.92. The number of hydrogen-bond acceptors (Lipinski definition) is 4. The Balaban J connectivity index is 1.71. The van der Waals surface area contributed by atoms with Gasteiger partial charge in [-0.25, -0.2) is 0 Å². The van der Waals surface area contributed by atoms with Gasteiger partial charge in [-0.1, -0.05) is 6.07 Å². The summed E-state index contributed by atoms with van der Waals surface area (Å²) in [6.07, 6.45) is 3.41. The zero-order valence-electron chi connectivity index (χ0n) is 13.3. The summed E-state index contributed by atoms with van der Waals surface area (Å²) in [7, 11) is 3.28. The minimum absolute atomic E-state index is 0.0917. The van der Waals surface area contributed by atoms with Crippen LogP contribution in [0.2, 0.25) is 0 Å². The van der Waals surface area contributed by atoms with E-state index in [9.17, 15) is 4.79 Å². The first-order valence-electron chi connectivity index (χ1n) is 7.66. The van der Waals surface area contributed by atoms with Crippen LogP contribution in [0.25, 0.3) is 0 Å². The molecule has 2 aromatic rings. The Kier molecular flexibility index (Phi) is 4.46. The Labute approximate surface area is 135 Å². The highest BCUT2D eigenvalue weighted by molar-refractivity contribution is 5.93. The van der Waals surface area contributed by atoms with Gasteiger partial charge in [0.1, 0.15) is 11.5 Å². The van der Waals surface area contributed by atoms with Crippen molar-refractivity contribution in [2.45, 2.75) is 12.8 Å². The third-order valence-corrected chi connectivity index (χ3v) is 4.06. The summed E-state index contributed by atoms with van der Waals surface area (Å²) in [6, 6.07) is 9.50. The zero-order chi connectivity index (χ0) is 16.2. The smallest absolute Gasteiger partial charge is 0.251 e. The number of rotatable bonds is 4. The van der Waals surface area contributed by atoms with E-state index in [0.29, 0.717) is 18.1 Å². The van der Waals surface area contributed by atoms with Crippen LogP contribution >= 0.6 is 0 Å². The molecule has 1 aliphatic heterocycles. The van der Waals surface area contributed by atoms with E-state index < -0.39 is 0 Å². The predicted octanol–water partition coefficient (Wildman–Crippen LogP) is 2.24. The summed E-state index contributed by atoms with van der Waals surface area (Å²) in [5.41, 5.74) is 2.74. The molecule has 5 nitrogen and oxygen atoms in total. The van der Waals surface area contributed by atoms with Crippen LogP contribution < -0.4 is 14.8 Å². The number of benzene rings is 1. The fourth-order valence-corrected chi connectivity index (χ4v) is 2.84. The van der Waals surface area contributed by atoms with Crippen LogP contribution in [-0.4, -0.2) is 31.7 Å². The highest BCUT2D eigenvalue weighted by Gasteiger charge is 2.21. The van der Waals surface area contributed by atoms with Crippen molar-refractivity contribution in [2.24, 2.45) is 5.92 Å². The van der Waals surface area contributed by atoms with Crippen molar-refractivity contribution in [1.82, 2.24) is 10.3 Å². The van der Waals surface area contributed by atoms with Crippen molar-refractivity contribution in [2.75, 3.05) is 20.8 Å². The number of methoxy groups -OCH3 is 1. The summed E-state index contributed by atoms with van der Waals surface area (Å²) >= 11 is 0. The molecular formula is C18H20N2O3. The van der Waals surface area contributed by atoms with Gasteiger partial charge in [0, 0.05) is 36.5 Å². The highest BCUT2D eigenvalue weighted by Crippen LogP contribution is 2.31. The first-order chi connectivity index (χ1) is 11.2. The molecule has 23 heavy (non-hydrogen) atoms. The Morgan fingerprint density at radius 1 is 1.39 bits per heavy atom. The van der Waals surface area contributed by atoms with Crippen LogP contribution in [0.1, 0.15) is 21.6 Å². The largest absolute Gasteiger partial charge is 0.497 e. The molecule has 2 heterocycles. The maximum Gasteiger partial charge on any atom is 0.251 e.